The molecule has 0 radical (unpaired) electrons. The number of hydrogen-bond acceptors (Lipinski definition) is 3. The van der Waals surface area contributed by atoms with Gasteiger partial charge >= 0.3 is 0 Å². The lowest BCUT2D eigenvalue weighted by Gasteiger charge is -2.10. The summed E-state index contributed by atoms with van der Waals surface area (Å²) in [6, 6.07) is 7.83. The van der Waals surface area contributed by atoms with Gasteiger partial charge < -0.3 is 10.6 Å². The van der Waals surface area contributed by atoms with Crippen molar-refractivity contribution in [2.75, 3.05) is 12.4 Å². The van der Waals surface area contributed by atoms with E-state index in [1.807, 2.05) is 13.0 Å². The molecule has 104 valence electrons. The number of hydrogen-bond donors (Lipinski definition) is 2. The van der Waals surface area contributed by atoms with Crippen molar-refractivity contribution in [1.29, 1.82) is 0 Å². The molecule has 2 aromatic rings. The third-order valence-electron chi connectivity index (χ3n) is 2.92. The molecule has 4 nitrogen and oxygen atoms in total. The molecule has 0 atom stereocenters. The maximum Gasteiger partial charge on any atom is 0.255 e. The van der Waals surface area contributed by atoms with E-state index < -0.39 is 0 Å². The number of benzene rings is 1. The van der Waals surface area contributed by atoms with Crippen LogP contribution in [0.1, 0.15) is 21.6 Å². The first kappa shape index (κ1) is 14.0. The second-order valence-corrected chi connectivity index (χ2v) is 4.43. The molecule has 2 N–H and O–H groups in total. The highest BCUT2D eigenvalue weighted by Gasteiger charge is 2.11. The summed E-state index contributed by atoms with van der Waals surface area (Å²) in [5.74, 6) is -0.508. The second kappa shape index (κ2) is 6.14. The molecule has 0 aliphatic rings. The summed E-state index contributed by atoms with van der Waals surface area (Å²) in [5.41, 5.74) is 2.89. The number of nitrogens with one attached hydrogen (secondary N) is 2. The Bertz CT molecular complexity index is 611. The van der Waals surface area contributed by atoms with Crippen LogP contribution in [0, 0.1) is 12.7 Å². The van der Waals surface area contributed by atoms with Gasteiger partial charge in [-0.05, 0) is 30.7 Å². The zero-order valence-corrected chi connectivity index (χ0v) is 11.4. The van der Waals surface area contributed by atoms with Gasteiger partial charge in [0, 0.05) is 25.5 Å². The number of anilines is 1. The number of pyridine rings is 1. The Hall–Kier alpha value is -2.43. The average Bonchev–Trinajstić information content (AvgIpc) is 2.46. The van der Waals surface area contributed by atoms with E-state index in [0.717, 1.165) is 16.9 Å². The number of aromatic nitrogens is 1. The monoisotopic (exact) mass is 273 g/mol. The van der Waals surface area contributed by atoms with Gasteiger partial charge in [-0.2, -0.15) is 0 Å². The topological polar surface area (TPSA) is 54.0 Å². The van der Waals surface area contributed by atoms with Gasteiger partial charge in [-0.3, -0.25) is 9.78 Å². The fourth-order valence-corrected chi connectivity index (χ4v) is 1.83. The van der Waals surface area contributed by atoms with E-state index in [1.54, 1.807) is 25.4 Å². The van der Waals surface area contributed by atoms with E-state index in [9.17, 15) is 9.18 Å². The van der Waals surface area contributed by atoms with Crippen LogP contribution >= 0.6 is 0 Å². The smallest absolute Gasteiger partial charge is 0.255 e. The minimum Gasteiger partial charge on any atom is -0.387 e. The summed E-state index contributed by atoms with van der Waals surface area (Å²) in [7, 11) is 1.76. The van der Waals surface area contributed by atoms with Crippen LogP contribution in [0.15, 0.2) is 36.5 Å². The van der Waals surface area contributed by atoms with E-state index in [0.29, 0.717) is 12.1 Å². The number of amides is 1. The molecule has 0 aliphatic heterocycles. The van der Waals surface area contributed by atoms with Crippen LogP contribution in [0.4, 0.5) is 10.1 Å². The Morgan fingerprint density at radius 1 is 1.30 bits per heavy atom. The van der Waals surface area contributed by atoms with Crippen molar-refractivity contribution in [2.24, 2.45) is 0 Å². The molecule has 1 aromatic heterocycles. The van der Waals surface area contributed by atoms with Crippen LogP contribution in [0.3, 0.4) is 0 Å². The Morgan fingerprint density at radius 3 is 2.65 bits per heavy atom. The van der Waals surface area contributed by atoms with Crippen molar-refractivity contribution in [2.45, 2.75) is 13.5 Å². The fraction of sp³-hybridized carbons (Fsp3) is 0.200. The molecule has 1 heterocycles. The third kappa shape index (κ3) is 3.32. The molecular weight excluding hydrogens is 257 g/mol. The Kier molecular flexibility index (Phi) is 4.30. The molecule has 1 aromatic carbocycles. The van der Waals surface area contributed by atoms with Crippen LogP contribution < -0.4 is 10.6 Å². The quantitative estimate of drug-likeness (QED) is 0.900. The normalized spacial score (nSPS) is 10.2. The predicted molar refractivity (Wildman–Crippen MR) is 76.1 cm³/mol. The highest BCUT2D eigenvalue weighted by Crippen LogP contribution is 2.15. The van der Waals surface area contributed by atoms with Crippen molar-refractivity contribution in [3.8, 4) is 0 Å². The SMILES string of the molecule is CNc1cc(C)ncc1C(=O)NCc1ccc(F)cc1. The van der Waals surface area contributed by atoms with Gasteiger partial charge in [-0.15, -0.1) is 0 Å². The first-order valence-corrected chi connectivity index (χ1v) is 6.27. The number of halogens is 1. The lowest BCUT2D eigenvalue weighted by atomic mass is 10.2. The zero-order valence-electron chi connectivity index (χ0n) is 11.4. The van der Waals surface area contributed by atoms with Gasteiger partial charge in [0.25, 0.3) is 5.91 Å². The summed E-state index contributed by atoms with van der Waals surface area (Å²) >= 11 is 0. The lowest BCUT2D eigenvalue weighted by molar-refractivity contribution is 0.0951. The molecule has 5 heteroatoms. The highest BCUT2D eigenvalue weighted by atomic mass is 19.1. The number of aryl methyl sites for hydroxylation is 1. The van der Waals surface area contributed by atoms with Crippen LogP contribution in [0.5, 0.6) is 0 Å². The summed E-state index contributed by atoms with van der Waals surface area (Å²) in [6.45, 7) is 2.21. The first-order valence-electron chi connectivity index (χ1n) is 6.27. The predicted octanol–water partition coefficient (Wildman–Crippen LogP) is 2.50. The van der Waals surface area contributed by atoms with Gasteiger partial charge in [0.15, 0.2) is 0 Å². The summed E-state index contributed by atoms with van der Waals surface area (Å²) in [6.07, 6.45) is 1.54. The van der Waals surface area contributed by atoms with Gasteiger partial charge in [-0.1, -0.05) is 12.1 Å². The molecule has 0 fully saturated rings. The van der Waals surface area contributed by atoms with Gasteiger partial charge in [0.2, 0.25) is 0 Å². The minimum atomic E-state index is -0.291. The number of carbonyl (C=O) groups is 1. The van der Waals surface area contributed by atoms with E-state index in [4.69, 9.17) is 0 Å². The standard InChI is InChI=1S/C15H16FN3O/c1-10-7-14(17-2)13(9-18-10)15(20)19-8-11-3-5-12(16)6-4-11/h3-7,9H,8H2,1-2H3,(H,17,18)(H,19,20). The maximum atomic E-state index is 12.8. The maximum absolute atomic E-state index is 12.8. The van der Waals surface area contributed by atoms with Gasteiger partial charge in [-0.25, -0.2) is 4.39 Å². The first-order chi connectivity index (χ1) is 9.60. The van der Waals surface area contributed by atoms with Gasteiger partial charge in [0.05, 0.1) is 11.3 Å². The molecule has 0 bridgehead atoms. The number of carbonyl (C=O) groups excluding carboxylic acids is 1. The lowest BCUT2D eigenvalue weighted by Crippen LogP contribution is -2.24. The van der Waals surface area contributed by atoms with E-state index in [-0.39, 0.29) is 11.7 Å². The molecule has 0 unspecified atom stereocenters. The molecule has 0 spiro atoms. The highest BCUT2D eigenvalue weighted by molar-refractivity contribution is 5.99. The summed E-state index contributed by atoms with van der Waals surface area (Å²) < 4.78 is 12.8. The van der Waals surface area contributed by atoms with Crippen molar-refractivity contribution >= 4 is 11.6 Å². The van der Waals surface area contributed by atoms with Crippen LogP contribution in [-0.2, 0) is 6.54 Å². The molecule has 20 heavy (non-hydrogen) atoms. The molecule has 1 amide bonds. The van der Waals surface area contributed by atoms with Gasteiger partial charge in [0.1, 0.15) is 5.82 Å². The van der Waals surface area contributed by atoms with E-state index >= 15 is 0 Å². The Labute approximate surface area is 117 Å². The Morgan fingerprint density at radius 2 is 2.00 bits per heavy atom. The molecule has 2 rings (SSSR count). The average molecular weight is 273 g/mol. The van der Waals surface area contributed by atoms with Crippen LogP contribution in [-0.4, -0.2) is 17.9 Å². The molecular formula is C15H16FN3O. The van der Waals surface area contributed by atoms with Crippen molar-refractivity contribution in [3.63, 3.8) is 0 Å². The largest absolute Gasteiger partial charge is 0.387 e. The summed E-state index contributed by atoms with van der Waals surface area (Å²) in [5, 5.41) is 5.76. The minimum absolute atomic E-state index is 0.217. The second-order valence-electron chi connectivity index (χ2n) is 4.43. The number of rotatable bonds is 4. The van der Waals surface area contributed by atoms with Crippen LogP contribution in [0.2, 0.25) is 0 Å². The van der Waals surface area contributed by atoms with Crippen molar-refractivity contribution < 1.29 is 9.18 Å². The third-order valence-corrected chi connectivity index (χ3v) is 2.92. The summed E-state index contributed by atoms with van der Waals surface area (Å²) in [4.78, 5) is 16.2. The molecule has 0 saturated heterocycles. The molecule has 0 aliphatic carbocycles. The fourth-order valence-electron chi connectivity index (χ4n) is 1.83. The van der Waals surface area contributed by atoms with E-state index in [2.05, 4.69) is 15.6 Å². The van der Waals surface area contributed by atoms with Crippen LogP contribution in [0.25, 0.3) is 0 Å². The zero-order chi connectivity index (χ0) is 14.5. The van der Waals surface area contributed by atoms with Crippen molar-refractivity contribution in [1.82, 2.24) is 10.3 Å². The molecule has 0 saturated carbocycles. The number of nitrogens with zero attached hydrogens (tertiary/aromatic N) is 1. The van der Waals surface area contributed by atoms with E-state index in [1.165, 1.54) is 12.1 Å². The Balaban J connectivity index is 2.07. The van der Waals surface area contributed by atoms with Crippen molar-refractivity contribution in [3.05, 3.63) is 59.2 Å².